The van der Waals surface area contributed by atoms with Crippen molar-refractivity contribution in [3.05, 3.63) is 166 Å². The predicted molar refractivity (Wildman–Crippen MR) is 380 cm³/mol. The van der Waals surface area contributed by atoms with Crippen LogP contribution in [0.4, 0.5) is 0 Å². The first-order chi connectivity index (χ1) is 49.4. The van der Waals surface area contributed by atoms with Crippen molar-refractivity contribution in [1.82, 2.24) is 30.6 Å². The molecule has 2 aliphatic rings. The number of H-pyrrole nitrogens is 2. The number of carbonyl (C=O) groups excluding carboxylic acids is 2. The molecule has 0 saturated heterocycles. The largest absolute Gasteiger partial charge is 0.478 e. The number of aromatic carboxylic acids is 3. The Labute approximate surface area is 583 Å². The second-order valence-electron chi connectivity index (χ2n) is 22.6. The van der Waals surface area contributed by atoms with Crippen LogP contribution in [0.15, 0.2) is 121 Å². The van der Waals surface area contributed by atoms with Crippen molar-refractivity contribution < 1.29 is 91.4 Å². The van der Waals surface area contributed by atoms with Crippen molar-refractivity contribution in [2.45, 2.75) is 6.42 Å². The summed E-state index contributed by atoms with van der Waals surface area (Å²) in [7, 11) is 0. The first-order valence-corrected chi connectivity index (χ1v) is 33.3. The van der Waals surface area contributed by atoms with Gasteiger partial charge in [0.05, 0.1) is 185 Å². The molecule has 101 heavy (non-hydrogen) atoms. The Kier molecular flexibility index (Phi) is 30.8. The normalized spacial score (nSPS) is 11.7. The Morgan fingerprint density at radius 1 is 0.317 bits per heavy atom. The topological polar surface area (TPSA) is 355 Å². The zero-order valence-corrected chi connectivity index (χ0v) is 56.1. The van der Waals surface area contributed by atoms with Gasteiger partial charge in [0.15, 0.2) is 0 Å². The van der Waals surface area contributed by atoms with Gasteiger partial charge in [0.1, 0.15) is 0 Å². The first-order valence-electron chi connectivity index (χ1n) is 33.3. The van der Waals surface area contributed by atoms with E-state index >= 15 is 0 Å². The van der Waals surface area contributed by atoms with E-state index in [1.807, 2.05) is 60.7 Å². The lowest BCUT2D eigenvalue weighted by Gasteiger charge is -2.09. The molecule has 0 fully saturated rings. The van der Waals surface area contributed by atoms with Crippen LogP contribution in [0.2, 0.25) is 0 Å². The van der Waals surface area contributed by atoms with E-state index in [2.05, 4.69) is 20.6 Å². The van der Waals surface area contributed by atoms with E-state index in [-0.39, 0.29) is 54.6 Å². The summed E-state index contributed by atoms with van der Waals surface area (Å²) in [4.78, 5) is 80.1. The molecule has 7 aromatic rings. The SMILES string of the molecule is NCCOCCOCCOCCOCCOCCOCCOCCOCCOCCOCCOCCNC(=O)CCNC(=O)c1ccc(-c2c3nc(c(-c4ccc(C(=O)O)cc4)c4ccc([nH]4)c(-c4ccc(C(=O)O)cc4)c4nc(c(-c5ccc(C(=O)O)cc5)c5ccc2[nH]5)C=C4)C=C3)cc1. The molecular formula is C75H85N7O19. The molecule has 534 valence electrons. The molecule has 8 bridgehead atoms. The molecule has 2 aliphatic heterocycles. The van der Waals surface area contributed by atoms with Gasteiger partial charge in [-0.25, -0.2) is 24.4 Å². The molecule has 4 aromatic carbocycles. The summed E-state index contributed by atoms with van der Waals surface area (Å²) in [5.74, 6) is -3.87. The molecule has 0 spiro atoms. The Morgan fingerprint density at radius 3 is 0.822 bits per heavy atom. The average Bonchev–Trinajstić information content (AvgIpc) is 1.63. The minimum Gasteiger partial charge on any atom is -0.478 e. The van der Waals surface area contributed by atoms with Crippen LogP contribution in [0.3, 0.4) is 0 Å². The second kappa shape index (κ2) is 41.2. The van der Waals surface area contributed by atoms with Gasteiger partial charge in [-0.15, -0.1) is 0 Å². The lowest BCUT2D eigenvalue weighted by Crippen LogP contribution is -2.32. The quantitative estimate of drug-likeness (QED) is 0.0165. The van der Waals surface area contributed by atoms with E-state index in [9.17, 15) is 39.3 Å². The van der Waals surface area contributed by atoms with Crippen molar-refractivity contribution >= 4 is 76.1 Å². The van der Waals surface area contributed by atoms with Crippen molar-refractivity contribution in [2.75, 3.05) is 165 Å². The number of benzene rings is 4. The molecule has 0 atom stereocenters. The summed E-state index contributed by atoms with van der Waals surface area (Å²) in [5, 5.41) is 35.1. The van der Waals surface area contributed by atoms with E-state index in [1.54, 1.807) is 48.5 Å². The highest BCUT2D eigenvalue weighted by Gasteiger charge is 2.21. The number of ether oxygens (including phenoxy) is 11. The number of aromatic amines is 2. The average molecular weight is 1390 g/mol. The zero-order valence-electron chi connectivity index (χ0n) is 56.1. The summed E-state index contributed by atoms with van der Waals surface area (Å²) in [6, 6.07) is 34.1. The van der Waals surface area contributed by atoms with Crippen molar-refractivity contribution in [1.29, 1.82) is 0 Å². The fourth-order valence-electron chi connectivity index (χ4n) is 10.7. The summed E-state index contributed by atoms with van der Waals surface area (Å²) >= 11 is 0. The fraction of sp³-hybridized carbons (Fsp3) is 0.347. The third-order valence-electron chi connectivity index (χ3n) is 15.6. The minimum atomic E-state index is -1.08. The van der Waals surface area contributed by atoms with Gasteiger partial charge in [-0.05, 0) is 119 Å². The maximum absolute atomic E-state index is 13.6. The summed E-state index contributed by atoms with van der Waals surface area (Å²) in [5.41, 5.74) is 16.1. The van der Waals surface area contributed by atoms with Gasteiger partial charge in [0.2, 0.25) is 5.91 Å². The monoisotopic (exact) mass is 1390 g/mol. The number of nitrogens with zero attached hydrogens (tertiary/aromatic N) is 2. The van der Waals surface area contributed by atoms with Gasteiger partial charge in [0.25, 0.3) is 5.91 Å². The van der Waals surface area contributed by atoms with Crippen LogP contribution >= 0.6 is 0 Å². The summed E-state index contributed by atoms with van der Waals surface area (Å²) < 4.78 is 60.4. The molecule has 26 heteroatoms. The fourth-order valence-corrected chi connectivity index (χ4v) is 10.7. The first kappa shape index (κ1) is 75.5. The van der Waals surface area contributed by atoms with Gasteiger partial charge in [-0.3, -0.25) is 9.59 Å². The third-order valence-corrected chi connectivity index (χ3v) is 15.6. The number of amides is 2. The molecule has 3 aromatic heterocycles. The molecule has 0 aliphatic carbocycles. The Hall–Kier alpha value is -9.65. The highest BCUT2D eigenvalue weighted by atomic mass is 16.6. The second-order valence-corrected chi connectivity index (χ2v) is 22.6. The molecule has 5 heterocycles. The zero-order chi connectivity index (χ0) is 70.8. The van der Waals surface area contributed by atoms with Gasteiger partial charge in [0, 0.05) is 75.9 Å². The van der Waals surface area contributed by atoms with Crippen LogP contribution in [0, 0.1) is 0 Å². The number of aromatic nitrogens is 4. The lowest BCUT2D eigenvalue weighted by molar-refractivity contribution is -0.121. The Bertz CT molecular complexity index is 4010. The van der Waals surface area contributed by atoms with E-state index < -0.39 is 17.9 Å². The number of carboxylic acid groups (broad SMARTS) is 3. The lowest BCUT2D eigenvalue weighted by atomic mass is 10.0. The van der Waals surface area contributed by atoms with E-state index in [0.717, 1.165) is 0 Å². The van der Waals surface area contributed by atoms with Crippen molar-refractivity contribution in [3.63, 3.8) is 0 Å². The molecule has 2 amide bonds. The van der Waals surface area contributed by atoms with Gasteiger partial charge < -0.3 is 93.8 Å². The number of nitrogens with two attached hydrogens (primary N) is 1. The van der Waals surface area contributed by atoms with Crippen LogP contribution < -0.4 is 16.4 Å². The number of hydrogen-bond acceptors (Lipinski definition) is 19. The molecule has 9 rings (SSSR count). The minimum absolute atomic E-state index is 0.0399. The van der Waals surface area contributed by atoms with Gasteiger partial charge in [-0.2, -0.15) is 0 Å². The van der Waals surface area contributed by atoms with E-state index in [4.69, 9.17) is 67.8 Å². The van der Waals surface area contributed by atoms with E-state index in [0.29, 0.717) is 240 Å². The summed E-state index contributed by atoms with van der Waals surface area (Å²) in [6.45, 7) is 10.7. The van der Waals surface area contributed by atoms with Crippen LogP contribution in [-0.2, 0) is 56.9 Å². The van der Waals surface area contributed by atoms with Crippen molar-refractivity contribution in [3.8, 4) is 44.5 Å². The molecule has 9 N–H and O–H groups in total. The highest BCUT2D eigenvalue weighted by molar-refractivity contribution is 6.02. The number of carbonyl (C=O) groups is 5. The molecule has 0 unspecified atom stereocenters. The van der Waals surface area contributed by atoms with Crippen LogP contribution in [0.5, 0.6) is 0 Å². The smallest absolute Gasteiger partial charge is 0.335 e. The van der Waals surface area contributed by atoms with Gasteiger partial charge in [-0.1, -0.05) is 48.5 Å². The molecular weight excluding hydrogens is 1300 g/mol. The third kappa shape index (κ3) is 23.5. The Morgan fingerprint density at radius 2 is 0.564 bits per heavy atom. The van der Waals surface area contributed by atoms with Crippen LogP contribution in [0.25, 0.3) is 90.9 Å². The maximum Gasteiger partial charge on any atom is 0.335 e. The highest BCUT2D eigenvalue weighted by Crippen LogP contribution is 2.39. The van der Waals surface area contributed by atoms with Gasteiger partial charge >= 0.3 is 17.9 Å². The molecule has 0 saturated carbocycles. The van der Waals surface area contributed by atoms with E-state index in [1.165, 1.54) is 36.4 Å². The molecule has 0 radical (unpaired) electrons. The van der Waals surface area contributed by atoms with Crippen LogP contribution in [-0.4, -0.2) is 230 Å². The molecule has 26 nitrogen and oxygen atoms in total. The number of fused-ring (bicyclic) bond motifs is 8. The number of hydrogen-bond donors (Lipinski definition) is 8. The maximum atomic E-state index is 13.6. The standard InChI is InChI=1S/C75H85N7O19/c76-26-29-91-31-33-93-35-37-95-39-41-97-43-45-99-47-49-101-50-48-100-46-44-98-42-40-96-38-36-94-34-32-92-30-28-77-67(83)25-27-78-72(84)55-9-1-51(2-10-55)68-59-17-19-61(79-59)69(52-3-11-56(12-4-52)73(85)86)63-21-23-65(81-63)71(54-7-15-58(16-8-54)75(89)90)66-24-22-64(82-66)70(62-20-18-60(68)80-62)53-5-13-57(14-6-53)74(87)88/h1-24,79,82H,25-50,76H2,(H,77,83)(H,78,84)(H,85,86)(H,87,88)(H,89,90). The Balaban J connectivity index is 0.717. The predicted octanol–water partition coefficient (Wildman–Crippen LogP) is 8.80. The number of carboxylic acids is 3. The number of nitrogens with one attached hydrogen (secondary N) is 4. The summed E-state index contributed by atoms with van der Waals surface area (Å²) in [6.07, 6.45) is 7.54. The van der Waals surface area contributed by atoms with Crippen molar-refractivity contribution in [2.24, 2.45) is 5.73 Å². The number of rotatable bonds is 46. The van der Waals surface area contributed by atoms with Crippen LogP contribution in [0.1, 0.15) is 70.6 Å².